The molecule has 6 N–H and O–H groups in total. The summed E-state index contributed by atoms with van der Waals surface area (Å²) in [5.74, 6) is 1.04. The van der Waals surface area contributed by atoms with Crippen molar-refractivity contribution in [1.82, 2.24) is 9.97 Å². The second-order valence-corrected chi connectivity index (χ2v) is 7.09. The van der Waals surface area contributed by atoms with E-state index in [0.29, 0.717) is 41.9 Å². The number of nitrogens with zero attached hydrogens (tertiary/aromatic N) is 2. The van der Waals surface area contributed by atoms with Crippen LogP contribution in [0.15, 0.2) is 0 Å². The summed E-state index contributed by atoms with van der Waals surface area (Å²) in [6, 6.07) is 0.100. The molecule has 2 aliphatic rings. The maximum Gasteiger partial charge on any atom is 0.225 e. The lowest BCUT2D eigenvalue weighted by atomic mass is 9.98. The Morgan fingerprint density at radius 2 is 1.96 bits per heavy atom. The zero-order valence-electron chi connectivity index (χ0n) is 13.3. The number of rotatable bonds is 5. The molecule has 3 atom stereocenters. The average Bonchev–Trinajstić information content (AvgIpc) is 3.21. The largest absolute Gasteiger partial charge is 0.390 e. The molecule has 2 fully saturated rings. The molecule has 0 aromatic carbocycles. The van der Waals surface area contributed by atoms with E-state index in [1.807, 2.05) is 6.92 Å². The highest BCUT2D eigenvalue weighted by molar-refractivity contribution is 7.80. The van der Waals surface area contributed by atoms with E-state index in [-0.39, 0.29) is 11.0 Å². The van der Waals surface area contributed by atoms with Crippen LogP contribution in [-0.2, 0) is 0 Å². The van der Waals surface area contributed by atoms with Gasteiger partial charge in [0, 0.05) is 6.04 Å². The van der Waals surface area contributed by atoms with E-state index < -0.39 is 11.7 Å². The van der Waals surface area contributed by atoms with Crippen molar-refractivity contribution >= 4 is 29.0 Å². The summed E-state index contributed by atoms with van der Waals surface area (Å²) in [5, 5.41) is 26.9. The summed E-state index contributed by atoms with van der Waals surface area (Å²) in [6.45, 7) is 3.46. The third-order valence-corrected chi connectivity index (χ3v) is 4.87. The molecule has 1 heterocycles. The molecule has 0 radical (unpaired) electrons. The van der Waals surface area contributed by atoms with Gasteiger partial charge in [-0.15, -0.1) is 0 Å². The zero-order valence-corrected chi connectivity index (χ0v) is 14.2. The van der Waals surface area contributed by atoms with Gasteiger partial charge in [-0.3, -0.25) is 0 Å². The molecule has 1 aromatic heterocycles. The van der Waals surface area contributed by atoms with E-state index in [1.54, 1.807) is 6.92 Å². The summed E-state index contributed by atoms with van der Waals surface area (Å²) in [6.07, 6.45) is 2.64. The fourth-order valence-electron chi connectivity index (χ4n) is 2.97. The van der Waals surface area contributed by atoms with Gasteiger partial charge in [0.25, 0.3) is 0 Å². The van der Waals surface area contributed by atoms with Crippen molar-refractivity contribution in [3.8, 4) is 0 Å². The van der Waals surface area contributed by atoms with Crippen molar-refractivity contribution in [1.29, 1.82) is 0 Å². The number of aliphatic hydroxyl groups is 2. The standard InChI is InChI=1S/C15H23N5O2S/c1-7-11(12(16)23)13(20-14(17-7)18-8-3-4-8)19-9-5-6-10(21)15(9,2)22/h8-10,21-22H,3-6H2,1-2H3,(H2,16,23)(H2,17,18,19,20). The maximum atomic E-state index is 10.5. The van der Waals surface area contributed by atoms with E-state index in [9.17, 15) is 10.2 Å². The molecular formula is C15H23N5O2S. The number of nitrogens with one attached hydrogen (secondary N) is 2. The Morgan fingerprint density at radius 3 is 2.48 bits per heavy atom. The number of nitrogens with two attached hydrogens (primary N) is 1. The van der Waals surface area contributed by atoms with Crippen molar-refractivity contribution in [2.45, 2.75) is 63.3 Å². The smallest absolute Gasteiger partial charge is 0.225 e. The summed E-state index contributed by atoms with van der Waals surface area (Å²) < 4.78 is 0. The zero-order chi connectivity index (χ0) is 16.8. The molecule has 1 aromatic rings. The second-order valence-electron chi connectivity index (χ2n) is 6.65. The minimum atomic E-state index is -1.23. The molecule has 0 bridgehead atoms. The van der Waals surface area contributed by atoms with Crippen molar-refractivity contribution in [3.63, 3.8) is 0 Å². The van der Waals surface area contributed by atoms with Crippen LogP contribution in [-0.4, -0.2) is 49.0 Å². The highest BCUT2D eigenvalue weighted by Gasteiger charge is 2.45. The molecule has 0 aliphatic heterocycles. The number of hydrogen-bond donors (Lipinski definition) is 5. The fraction of sp³-hybridized carbons (Fsp3) is 0.667. The Labute approximate surface area is 140 Å². The first-order valence-electron chi connectivity index (χ1n) is 7.91. The third-order valence-electron chi connectivity index (χ3n) is 4.67. The summed E-state index contributed by atoms with van der Waals surface area (Å²) in [4.78, 5) is 9.12. The lowest BCUT2D eigenvalue weighted by molar-refractivity contribution is -0.0439. The van der Waals surface area contributed by atoms with Crippen molar-refractivity contribution in [3.05, 3.63) is 11.3 Å². The van der Waals surface area contributed by atoms with Crippen LogP contribution in [0.3, 0.4) is 0 Å². The lowest BCUT2D eigenvalue weighted by Crippen LogP contribution is -2.47. The summed E-state index contributed by atoms with van der Waals surface area (Å²) in [7, 11) is 0. The number of anilines is 2. The van der Waals surface area contributed by atoms with Gasteiger partial charge in [-0.2, -0.15) is 4.98 Å². The first-order chi connectivity index (χ1) is 10.8. The predicted molar refractivity (Wildman–Crippen MR) is 92.6 cm³/mol. The quantitative estimate of drug-likeness (QED) is 0.498. The predicted octanol–water partition coefficient (Wildman–Crippen LogP) is 0.680. The van der Waals surface area contributed by atoms with Gasteiger partial charge < -0.3 is 26.6 Å². The average molecular weight is 337 g/mol. The Balaban J connectivity index is 1.92. The van der Waals surface area contributed by atoms with Crippen LogP contribution >= 0.6 is 12.2 Å². The number of hydrogen-bond acceptors (Lipinski definition) is 7. The molecule has 8 heteroatoms. The normalized spacial score (nSPS) is 30.3. The van der Waals surface area contributed by atoms with Crippen LogP contribution < -0.4 is 16.4 Å². The minimum absolute atomic E-state index is 0.209. The molecule has 3 rings (SSSR count). The fourth-order valence-corrected chi connectivity index (χ4v) is 3.22. The molecule has 0 amide bonds. The Morgan fingerprint density at radius 1 is 1.26 bits per heavy atom. The van der Waals surface area contributed by atoms with E-state index in [0.717, 1.165) is 12.8 Å². The second kappa shape index (κ2) is 5.85. The molecule has 7 nitrogen and oxygen atoms in total. The van der Waals surface area contributed by atoms with Gasteiger partial charge in [0.15, 0.2) is 0 Å². The number of aromatic nitrogens is 2. The summed E-state index contributed by atoms with van der Waals surface area (Å²) in [5.41, 5.74) is 5.87. The molecule has 126 valence electrons. The van der Waals surface area contributed by atoms with Crippen LogP contribution in [0, 0.1) is 6.92 Å². The van der Waals surface area contributed by atoms with Crippen LogP contribution in [0.25, 0.3) is 0 Å². The minimum Gasteiger partial charge on any atom is -0.390 e. The Bertz CT molecular complexity index is 633. The van der Waals surface area contributed by atoms with Gasteiger partial charge in [-0.25, -0.2) is 4.98 Å². The number of aliphatic hydroxyl groups excluding tert-OH is 1. The van der Waals surface area contributed by atoms with Crippen molar-refractivity contribution in [2.24, 2.45) is 5.73 Å². The van der Waals surface area contributed by atoms with Gasteiger partial charge in [0.2, 0.25) is 5.95 Å². The molecule has 0 saturated heterocycles. The van der Waals surface area contributed by atoms with E-state index in [1.165, 1.54) is 0 Å². The first kappa shape index (κ1) is 16.4. The van der Waals surface area contributed by atoms with Gasteiger partial charge in [-0.05, 0) is 39.5 Å². The topological polar surface area (TPSA) is 116 Å². The van der Waals surface area contributed by atoms with Crippen LogP contribution in [0.4, 0.5) is 11.8 Å². The SMILES string of the molecule is Cc1nc(NC2CC2)nc(NC2CCC(O)C2(C)O)c1C(N)=S. The monoisotopic (exact) mass is 337 g/mol. The summed E-state index contributed by atoms with van der Waals surface area (Å²) >= 11 is 5.13. The van der Waals surface area contributed by atoms with E-state index >= 15 is 0 Å². The molecule has 0 spiro atoms. The Hall–Kier alpha value is -1.51. The van der Waals surface area contributed by atoms with Crippen LogP contribution in [0.5, 0.6) is 0 Å². The van der Waals surface area contributed by atoms with Gasteiger partial charge in [-0.1, -0.05) is 12.2 Å². The molecule has 3 unspecified atom stereocenters. The van der Waals surface area contributed by atoms with Gasteiger partial charge in [0.05, 0.1) is 23.4 Å². The number of thiocarbonyl (C=S) groups is 1. The highest BCUT2D eigenvalue weighted by Crippen LogP contribution is 2.33. The maximum absolute atomic E-state index is 10.5. The van der Waals surface area contributed by atoms with Gasteiger partial charge >= 0.3 is 0 Å². The first-order valence-corrected chi connectivity index (χ1v) is 8.31. The third kappa shape index (κ3) is 3.24. The molecule has 2 saturated carbocycles. The Kier molecular flexibility index (Phi) is 4.16. The molecule has 23 heavy (non-hydrogen) atoms. The van der Waals surface area contributed by atoms with Crippen molar-refractivity contribution < 1.29 is 10.2 Å². The van der Waals surface area contributed by atoms with E-state index in [2.05, 4.69) is 20.6 Å². The lowest BCUT2D eigenvalue weighted by Gasteiger charge is -2.30. The number of aryl methyl sites for hydroxylation is 1. The van der Waals surface area contributed by atoms with Crippen LogP contribution in [0.1, 0.15) is 43.9 Å². The van der Waals surface area contributed by atoms with Crippen molar-refractivity contribution in [2.75, 3.05) is 10.6 Å². The molecule has 2 aliphatic carbocycles. The van der Waals surface area contributed by atoms with Crippen LogP contribution in [0.2, 0.25) is 0 Å². The van der Waals surface area contributed by atoms with E-state index in [4.69, 9.17) is 18.0 Å². The van der Waals surface area contributed by atoms with Gasteiger partial charge in [0.1, 0.15) is 16.4 Å². The molecular weight excluding hydrogens is 314 g/mol. The highest BCUT2D eigenvalue weighted by atomic mass is 32.1.